The summed E-state index contributed by atoms with van der Waals surface area (Å²) in [6.45, 7) is 1.56. The Labute approximate surface area is 118 Å². The maximum atomic E-state index is 11.4. The summed E-state index contributed by atoms with van der Waals surface area (Å²) in [5.41, 5.74) is -1.09. The molecule has 0 amide bonds. The molecule has 1 saturated carbocycles. The van der Waals surface area contributed by atoms with E-state index in [1.807, 2.05) is 0 Å². The second-order valence-corrected chi connectivity index (χ2v) is 5.09. The average Bonchev–Trinajstić information content (AvgIpc) is 3.26. The summed E-state index contributed by atoms with van der Waals surface area (Å²) in [4.78, 5) is 11.4. The summed E-state index contributed by atoms with van der Waals surface area (Å²) < 4.78 is 4.64. The summed E-state index contributed by atoms with van der Waals surface area (Å²) in [7, 11) is 1.31. The standard InChI is InChI=1S/C16H15NO3/c1-15(19,16(11-17)8-9-16)7-6-12-4-3-5-13(10-12)14(18)20-2/h3-5,10,19H,8-9H2,1-2H3/t15-/m1/s1. The van der Waals surface area contributed by atoms with Gasteiger partial charge in [-0.15, -0.1) is 0 Å². The zero-order valence-electron chi connectivity index (χ0n) is 11.4. The Bertz CT molecular complexity index is 640. The number of ether oxygens (including phenoxy) is 1. The van der Waals surface area contributed by atoms with Crippen LogP contribution in [0.1, 0.15) is 35.7 Å². The van der Waals surface area contributed by atoms with Crippen LogP contribution in [0, 0.1) is 28.6 Å². The predicted octanol–water partition coefficient (Wildman–Crippen LogP) is 1.88. The number of hydrogen-bond acceptors (Lipinski definition) is 4. The van der Waals surface area contributed by atoms with Crippen LogP contribution < -0.4 is 0 Å². The second-order valence-electron chi connectivity index (χ2n) is 5.09. The van der Waals surface area contributed by atoms with E-state index in [9.17, 15) is 9.90 Å². The molecule has 4 heteroatoms. The lowest BCUT2D eigenvalue weighted by Crippen LogP contribution is -2.33. The number of carbonyl (C=O) groups is 1. The van der Waals surface area contributed by atoms with E-state index < -0.39 is 17.0 Å². The minimum absolute atomic E-state index is 0.403. The Hall–Kier alpha value is -2.30. The van der Waals surface area contributed by atoms with Crippen LogP contribution in [0.25, 0.3) is 0 Å². The van der Waals surface area contributed by atoms with E-state index in [1.165, 1.54) is 7.11 Å². The average molecular weight is 269 g/mol. The lowest BCUT2D eigenvalue weighted by Gasteiger charge is -2.21. The van der Waals surface area contributed by atoms with Crippen molar-refractivity contribution < 1.29 is 14.6 Å². The van der Waals surface area contributed by atoms with Crippen LogP contribution in [0.4, 0.5) is 0 Å². The first-order valence-electron chi connectivity index (χ1n) is 6.29. The van der Waals surface area contributed by atoms with Crippen molar-refractivity contribution in [3.63, 3.8) is 0 Å². The third kappa shape index (κ3) is 2.52. The normalized spacial score (nSPS) is 17.9. The summed E-state index contributed by atoms with van der Waals surface area (Å²) in [5.74, 6) is 5.14. The molecule has 1 aromatic rings. The summed E-state index contributed by atoms with van der Waals surface area (Å²) in [6, 6.07) is 8.81. The molecule has 1 aromatic carbocycles. The zero-order chi connectivity index (χ0) is 14.8. The molecule has 0 unspecified atom stereocenters. The van der Waals surface area contributed by atoms with Crippen LogP contribution in [0.3, 0.4) is 0 Å². The molecule has 2 rings (SSSR count). The predicted molar refractivity (Wildman–Crippen MR) is 72.6 cm³/mol. The first-order valence-corrected chi connectivity index (χ1v) is 6.29. The monoisotopic (exact) mass is 269 g/mol. The van der Waals surface area contributed by atoms with Gasteiger partial charge in [-0.25, -0.2) is 4.79 Å². The van der Waals surface area contributed by atoms with Gasteiger partial charge in [0.15, 0.2) is 0 Å². The maximum Gasteiger partial charge on any atom is 0.337 e. The van der Waals surface area contributed by atoms with E-state index in [1.54, 1.807) is 31.2 Å². The second kappa shape index (κ2) is 5.00. The van der Waals surface area contributed by atoms with Crippen LogP contribution >= 0.6 is 0 Å². The third-order valence-corrected chi connectivity index (χ3v) is 3.63. The molecular weight excluding hydrogens is 254 g/mol. The van der Waals surface area contributed by atoms with Crippen molar-refractivity contribution in [3.05, 3.63) is 35.4 Å². The van der Waals surface area contributed by atoms with Gasteiger partial charge in [0.25, 0.3) is 0 Å². The Kier molecular flexibility index (Phi) is 3.53. The van der Waals surface area contributed by atoms with Gasteiger partial charge in [0.2, 0.25) is 0 Å². The highest BCUT2D eigenvalue weighted by atomic mass is 16.5. The van der Waals surface area contributed by atoms with Crippen molar-refractivity contribution in [2.24, 2.45) is 5.41 Å². The minimum atomic E-state index is -1.34. The molecule has 102 valence electrons. The van der Waals surface area contributed by atoms with Crippen LogP contribution in [-0.4, -0.2) is 23.8 Å². The number of aliphatic hydroxyl groups is 1. The molecule has 1 aliphatic rings. The summed E-state index contributed by atoms with van der Waals surface area (Å²) >= 11 is 0. The minimum Gasteiger partial charge on any atom is -0.465 e. The van der Waals surface area contributed by atoms with E-state index in [-0.39, 0.29) is 0 Å². The summed E-state index contributed by atoms with van der Waals surface area (Å²) in [6.07, 6.45) is 1.32. The highest BCUT2D eigenvalue weighted by molar-refractivity contribution is 5.89. The van der Waals surface area contributed by atoms with E-state index >= 15 is 0 Å². The van der Waals surface area contributed by atoms with Gasteiger partial charge >= 0.3 is 5.97 Å². The van der Waals surface area contributed by atoms with Crippen molar-refractivity contribution in [1.82, 2.24) is 0 Å². The number of carbonyl (C=O) groups excluding carboxylic acids is 1. The van der Waals surface area contributed by atoms with Crippen molar-refractivity contribution in [2.75, 3.05) is 7.11 Å². The Morgan fingerprint density at radius 1 is 1.50 bits per heavy atom. The molecule has 0 saturated heterocycles. The van der Waals surface area contributed by atoms with Crippen LogP contribution in [-0.2, 0) is 4.74 Å². The van der Waals surface area contributed by atoms with E-state index in [0.29, 0.717) is 24.0 Å². The van der Waals surface area contributed by atoms with E-state index in [0.717, 1.165) is 0 Å². The first kappa shape index (κ1) is 14.1. The smallest absolute Gasteiger partial charge is 0.337 e. The number of benzene rings is 1. The Morgan fingerprint density at radius 3 is 2.75 bits per heavy atom. The van der Waals surface area contributed by atoms with Crippen LogP contribution in [0.15, 0.2) is 24.3 Å². The van der Waals surface area contributed by atoms with E-state index in [4.69, 9.17) is 5.26 Å². The largest absolute Gasteiger partial charge is 0.465 e. The molecule has 1 fully saturated rings. The molecule has 0 heterocycles. The van der Waals surface area contributed by atoms with Crippen LogP contribution in [0.2, 0.25) is 0 Å². The van der Waals surface area contributed by atoms with Gasteiger partial charge in [0, 0.05) is 5.56 Å². The van der Waals surface area contributed by atoms with Gasteiger partial charge < -0.3 is 9.84 Å². The molecule has 0 spiro atoms. The lowest BCUT2D eigenvalue weighted by molar-refractivity contribution is 0.0600. The fraction of sp³-hybridized carbons (Fsp3) is 0.375. The molecule has 0 aromatic heterocycles. The molecule has 1 N–H and O–H groups in total. The molecular formula is C16H15NO3. The number of nitriles is 1. The maximum absolute atomic E-state index is 11.4. The number of rotatable bonds is 2. The van der Waals surface area contributed by atoms with Gasteiger partial charge in [0.05, 0.1) is 24.2 Å². The van der Waals surface area contributed by atoms with Gasteiger partial charge in [-0.05, 0) is 38.0 Å². The molecule has 4 nitrogen and oxygen atoms in total. The number of methoxy groups -OCH3 is 1. The van der Waals surface area contributed by atoms with Gasteiger partial charge in [0.1, 0.15) is 5.60 Å². The molecule has 0 radical (unpaired) electrons. The molecule has 20 heavy (non-hydrogen) atoms. The molecule has 1 atom stereocenters. The first-order chi connectivity index (χ1) is 9.44. The third-order valence-electron chi connectivity index (χ3n) is 3.63. The van der Waals surface area contributed by atoms with Gasteiger partial charge in [-0.2, -0.15) is 5.26 Å². The number of nitrogens with zero attached hydrogens (tertiary/aromatic N) is 1. The van der Waals surface area contributed by atoms with Crippen molar-refractivity contribution in [3.8, 4) is 17.9 Å². The van der Waals surface area contributed by atoms with Crippen molar-refractivity contribution in [1.29, 1.82) is 5.26 Å². The topological polar surface area (TPSA) is 70.3 Å². The fourth-order valence-electron chi connectivity index (χ4n) is 1.99. The fourth-order valence-corrected chi connectivity index (χ4v) is 1.99. The molecule has 0 bridgehead atoms. The zero-order valence-corrected chi connectivity index (χ0v) is 11.4. The Balaban J connectivity index is 2.26. The number of esters is 1. The lowest BCUT2D eigenvalue weighted by atomic mass is 9.87. The van der Waals surface area contributed by atoms with Crippen molar-refractivity contribution in [2.45, 2.75) is 25.4 Å². The SMILES string of the molecule is COC(=O)c1cccc(C#C[C@@](C)(O)C2(C#N)CC2)c1. The van der Waals surface area contributed by atoms with Crippen molar-refractivity contribution >= 4 is 5.97 Å². The van der Waals surface area contributed by atoms with Gasteiger partial charge in [-0.3, -0.25) is 0 Å². The Morgan fingerprint density at radius 2 is 2.20 bits per heavy atom. The summed E-state index contributed by atoms with van der Waals surface area (Å²) in [5, 5.41) is 19.4. The highest BCUT2D eigenvalue weighted by Crippen LogP contribution is 2.53. The highest BCUT2D eigenvalue weighted by Gasteiger charge is 2.56. The molecule has 1 aliphatic carbocycles. The quantitative estimate of drug-likeness (QED) is 0.657. The van der Waals surface area contributed by atoms with Crippen LogP contribution in [0.5, 0.6) is 0 Å². The number of hydrogen-bond donors (Lipinski definition) is 1. The van der Waals surface area contributed by atoms with Gasteiger partial charge in [-0.1, -0.05) is 17.9 Å². The van der Waals surface area contributed by atoms with E-state index in [2.05, 4.69) is 22.6 Å². The molecule has 0 aliphatic heterocycles.